The molecule has 0 heterocycles. The molecule has 3 N–H and O–H groups in total. The molecule has 1 aliphatic carbocycles. The van der Waals surface area contributed by atoms with Crippen molar-refractivity contribution in [2.75, 3.05) is 11.9 Å². The van der Waals surface area contributed by atoms with Crippen molar-refractivity contribution < 1.29 is 9.90 Å². The molecule has 1 aromatic rings. The summed E-state index contributed by atoms with van der Waals surface area (Å²) in [5.41, 5.74) is 1.64. The molecule has 0 aromatic heterocycles. The van der Waals surface area contributed by atoms with Gasteiger partial charge in [-0.2, -0.15) is 0 Å². The summed E-state index contributed by atoms with van der Waals surface area (Å²) in [4.78, 5) is 10.9. The summed E-state index contributed by atoms with van der Waals surface area (Å²) in [5, 5.41) is 16.3. The molecule has 2 rings (SSSR count). The first-order valence-corrected chi connectivity index (χ1v) is 7.44. The van der Waals surface area contributed by atoms with E-state index in [0.29, 0.717) is 12.6 Å². The van der Waals surface area contributed by atoms with Gasteiger partial charge in [0, 0.05) is 25.2 Å². The molecule has 0 saturated heterocycles. The molecule has 1 amide bonds. The largest absolute Gasteiger partial charge is 0.387 e. The molecular weight excluding hydrogens is 252 g/mol. The highest BCUT2D eigenvalue weighted by molar-refractivity contribution is 5.88. The maximum absolute atomic E-state index is 10.9. The van der Waals surface area contributed by atoms with Crippen LogP contribution in [0, 0.1) is 0 Å². The number of nitrogens with one attached hydrogen (secondary N) is 2. The van der Waals surface area contributed by atoms with Crippen LogP contribution in [0.3, 0.4) is 0 Å². The molecule has 4 heteroatoms. The molecule has 1 aromatic carbocycles. The first kappa shape index (κ1) is 15.0. The molecule has 0 aliphatic heterocycles. The van der Waals surface area contributed by atoms with Gasteiger partial charge in [0.05, 0.1) is 6.10 Å². The van der Waals surface area contributed by atoms with Crippen molar-refractivity contribution in [1.29, 1.82) is 0 Å². The van der Waals surface area contributed by atoms with E-state index >= 15 is 0 Å². The van der Waals surface area contributed by atoms with E-state index in [1.165, 1.54) is 39.0 Å². The summed E-state index contributed by atoms with van der Waals surface area (Å²) >= 11 is 0. The fourth-order valence-electron chi connectivity index (χ4n) is 2.69. The molecule has 1 fully saturated rings. The third-order valence-corrected chi connectivity index (χ3v) is 3.82. The molecule has 20 heavy (non-hydrogen) atoms. The molecule has 1 atom stereocenters. The van der Waals surface area contributed by atoms with Crippen molar-refractivity contribution in [3.63, 3.8) is 0 Å². The Hall–Kier alpha value is -1.39. The quantitative estimate of drug-likeness (QED) is 0.774. The lowest BCUT2D eigenvalue weighted by Gasteiger charge is -2.24. The number of benzene rings is 1. The van der Waals surface area contributed by atoms with Crippen molar-refractivity contribution in [3.05, 3.63) is 29.8 Å². The van der Waals surface area contributed by atoms with Crippen LogP contribution in [0.5, 0.6) is 0 Å². The van der Waals surface area contributed by atoms with Gasteiger partial charge in [-0.05, 0) is 30.5 Å². The summed E-state index contributed by atoms with van der Waals surface area (Å²) in [6.45, 7) is 2.07. The van der Waals surface area contributed by atoms with E-state index in [1.807, 2.05) is 24.3 Å². The smallest absolute Gasteiger partial charge is 0.221 e. The van der Waals surface area contributed by atoms with E-state index in [9.17, 15) is 9.90 Å². The minimum atomic E-state index is -0.497. The first-order valence-electron chi connectivity index (χ1n) is 7.44. The highest BCUT2D eigenvalue weighted by Crippen LogP contribution is 2.19. The van der Waals surface area contributed by atoms with Crippen molar-refractivity contribution in [3.8, 4) is 0 Å². The van der Waals surface area contributed by atoms with Gasteiger partial charge < -0.3 is 15.7 Å². The van der Waals surface area contributed by atoms with Gasteiger partial charge in [0.2, 0.25) is 5.91 Å². The van der Waals surface area contributed by atoms with E-state index < -0.39 is 6.10 Å². The van der Waals surface area contributed by atoms with Crippen LogP contribution in [-0.4, -0.2) is 23.6 Å². The molecule has 1 aliphatic rings. The van der Waals surface area contributed by atoms with E-state index in [-0.39, 0.29) is 5.91 Å². The van der Waals surface area contributed by atoms with Crippen LogP contribution in [0.25, 0.3) is 0 Å². The topological polar surface area (TPSA) is 61.4 Å². The summed E-state index contributed by atoms with van der Waals surface area (Å²) in [6.07, 6.45) is 5.86. The number of hydrogen-bond donors (Lipinski definition) is 3. The Morgan fingerprint density at radius 1 is 1.25 bits per heavy atom. The highest BCUT2D eigenvalue weighted by atomic mass is 16.3. The second kappa shape index (κ2) is 7.41. The van der Waals surface area contributed by atoms with E-state index in [1.54, 1.807) is 0 Å². The van der Waals surface area contributed by atoms with Crippen molar-refractivity contribution in [2.24, 2.45) is 0 Å². The molecule has 4 nitrogen and oxygen atoms in total. The zero-order valence-electron chi connectivity index (χ0n) is 12.1. The van der Waals surface area contributed by atoms with Gasteiger partial charge >= 0.3 is 0 Å². The van der Waals surface area contributed by atoms with Crippen LogP contribution in [0.2, 0.25) is 0 Å². The van der Waals surface area contributed by atoms with Gasteiger partial charge in [-0.1, -0.05) is 31.4 Å². The molecule has 0 radical (unpaired) electrons. The Labute approximate surface area is 120 Å². The van der Waals surface area contributed by atoms with Gasteiger partial charge in [0.1, 0.15) is 0 Å². The molecular formula is C16H24N2O2. The second-order valence-electron chi connectivity index (χ2n) is 5.56. The summed E-state index contributed by atoms with van der Waals surface area (Å²) in [7, 11) is 0. The van der Waals surface area contributed by atoms with Crippen molar-refractivity contribution in [2.45, 2.75) is 51.2 Å². The fraction of sp³-hybridized carbons (Fsp3) is 0.562. The van der Waals surface area contributed by atoms with Crippen LogP contribution in [0.1, 0.15) is 50.7 Å². The number of aliphatic hydroxyl groups excluding tert-OH is 1. The molecule has 0 bridgehead atoms. The molecule has 110 valence electrons. The van der Waals surface area contributed by atoms with E-state index in [2.05, 4.69) is 10.6 Å². The Balaban J connectivity index is 1.82. The van der Waals surface area contributed by atoms with Gasteiger partial charge in [-0.15, -0.1) is 0 Å². The number of aliphatic hydroxyl groups is 1. The lowest BCUT2D eigenvalue weighted by Crippen LogP contribution is -2.34. The van der Waals surface area contributed by atoms with Gasteiger partial charge in [-0.3, -0.25) is 4.79 Å². The minimum Gasteiger partial charge on any atom is -0.387 e. The minimum absolute atomic E-state index is 0.0859. The van der Waals surface area contributed by atoms with Crippen LogP contribution < -0.4 is 10.6 Å². The Bertz CT molecular complexity index is 425. The number of carbonyl (C=O) groups is 1. The SMILES string of the molecule is CC(=O)Nc1ccc(C(O)CNC2CCCCC2)cc1. The number of amides is 1. The zero-order valence-corrected chi connectivity index (χ0v) is 12.1. The van der Waals surface area contributed by atoms with Crippen LogP contribution in [0.15, 0.2) is 24.3 Å². The number of anilines is 1. The summed E-state index contributed by atoms with van der Waals surface area (Å²) < 4.78 is 0. The lowest BCUT2D eigenvalue weighted by atomic mass is 9.95. The number of rotatable bonds is 5. The maximum atomic E-state index is 10.9. The van der Waals surface area contributed by atoms with Gasteiger partial charge in [-0.25, -0.2) is 0 Å². The number of carbonyl (C=O) groups excluding carboxylic acids is 1. The van der Waals surface area contributed by atoms with Crippen LogP contribution in [-0.2, 0) is 4.79 Å². The number of hydrogen-bond acceptors (Lipinski definition) is 3. The zero-order chi connectivity index (χ0) is 14.4. The summed E-state index contributed by atoms with van der Waals surface area (Å²) in [6, 6.07) is 7.91. The second-order valence-corrected chi connectivity index (χ2v) is 5.56. The van der Waals surface area contributed by atoms with Crippen molar-refractivity contribution >= 4 is 11.6 Å². The van der Waals surface area contributed by atoms with Crippen LogP contribution in [0.4, 0.5) is 5.69 Å². The molecule has 1 saturated carbocycles. The normalized spacial score (nSPS) is 17.7. The fourth-order valence-corrected chi connectivity index (χ4v) is 2.69. The van der Waals surface area contributed by atoms with E-state index in [4.69, 9.17) is 0 Å². The van der Waals surface area contributed by atoms with Crippen LogP contribution >= 0.6 is 0 Å². The third-order valence-electron chi connectivity index (χ3n) is 3.82. The standard InChI is InChI=1S/C16H24N2O2/c1-12(19)18-15-9-7-13(8-10-15)16(20)11-17-14-5-3-2-4-6-14/h7-10,14,16-17,20H,2-6,11H2,1H3,(H,18,19). The Kier molecular flexibility index (Phi) is 5.56. The van der Waals surface area contributed by atoms with Crippen molar-refractivity contribution in [1.82, 2.24) is 5.32 Å². The third kappa shape index (κ3) is 4.62. The highest BCUT2D eigenvalue weighted by Gasteiger charge is 2.15. The predicted octanol–water partition coefficient (Wildman–Crippen LogP) is 2.60. The Morgan fingerprint density at radius 3 is 2.50 bits per heavy atom. The maximum Gasteiger partial charge on any atom is 0.221 e. The average molecular weight is 276 g/mol. The molecule has 0 spiro atoms. The first-order chi connectivity index (χ1) is 9.65. The molecule has 1 unspecified atom stereocenters. The average Bonchev–Trinajstić information content (AvgIpc) is 2.46. The monoisotopic (exact) mass is 276 g/mol. The predicted molar refractivity (Wildman–Crippen MR) is 80.6 cm³/mol. The van der Waals surface area contributed by atoms with E-state index in [0.717, 1.165) is 11.3 Å². The summed E-state index contributed by atoms with van der Waals surface area (Å²) in [5.74, 6) is -0.0859. The van der Waals surface area contributed by atoms with Gasteiger partial charge in [0.25, 0.3) is 0 Å². The lowest BCUT2D eigenvalue weighted by molar-refractivity contribution is -0.114. The van der Waals surface area contributed by atoms with Gasteiger partial charge in [0.15, 0.2) is 0 Å². The Morgan fingerprint density at radius 2 is 1.90 bits per heavy atom.